The number of alkyl halides is 3. The molecule has 1 saturated heterocycles. The van der Waals surface area contributed by atoms with Crippen LogP contribution < -0.4 is 9.47 Å². The second-order valence-electron chi connectivity index (χ2n) is 11.3. The van der Waals surface area contributed by atoms with Crippen molar-refractivity contribution in [2.24, 2.45) is 0 Å². The number of carbonyl (C=O) groups excluding carboxylic acids is 2. The number of ether oxygens (including phenoxy) is 4. The number of nitrogens with zero attached hydrogens (tertiary/aromatic N) is 3. The molecule has 4 aromatic rings. The van der Waals surface area contributed by atoms with Crippen molar-refractivity contribution in [2.75, 3.05) is 20.2 Å². The lowest BCUT2D eigenvalue weighted by Gasteiger charge is -2.33. The fourth-order valence-electron chi connectivity index (χ4n) is 4.81. The first-order valence-electron chi connectivity index (χ1n) is 13.9. The average Bonchev–Trinajstić information content (AvgIpc) is 3.59. The van der Waals surface area contributed by atoms with Crippen LogP contribution in [0.3, 0.4) is 0 Å². The molecule has 5 rings (SSSR count). The average molecular weight is 632 g/mol. The number of hydrogen-bond acceptors (Lipinski definition) is 8. The van der Waals surface area contributed by atoms with Crippen LogP contribution in [0.4, 0.5) is 18.0 Å². The number of amides is 1. The highest BCUT2D eigenvalue weighted by molar-refractivity contribution is 7.16. The molecule has 0 N–H and O–H groups in total. The van der Waals surface area contributed by atoms with Crippen molar-refractivity contribution in [2.45, 2.75) is 58.1 Å². The molecule has 1 aliphatic heterocycles. The van der Waals surface area contributed by atoms with Gasteiger partial charge in [0.1, 0.15) is 41.1 Å². The maximum absolute atomic E-state index is 13.5. The van der Waals surface area contributed by atoms with E-state index in [9.17, 15) is 22.8 Å². The molecule has 9 nitrogen and oxygen atoms in total. The lowest BCUT2D eigenvalue weighted by Crippen LogP contribution is -2.44. The van der Waals surface area contributed by atoms with Crippen molar-refractivity contribution in [1.29, 1.82) is 0 Å². The van der Waals surface area contributed by atoms with Gasteiger partial charge in [0.15, 0.2) is 4.88 Å². The van der Waals surface area contributed by atoms with Gasteiger partial charge in [0.2, 0.25) is 0 Å². The summed E-state index contributed by atoms with van der Waals surface area (Å²) in [7, 11) is 1.22. The maximum Gasteiger partial charge on any atom is 0.416 e. The number of methoxy groups -OCH3 is 1. The van der Waals surface area contributed by atoms with E-state index in [-0.39, 0.29) is 28.4 Å². The third-order valence-electron chi connectivity index (χ3n) is 6.91. The first-order chi connectivity index (χ1) is 20.8. The summed E-state index contributed by atoms with van der Waals surface area (Å²) in [6, 6.07) is 12.2. The number of halogens is 3. The quantitative estimate of drug-likeness (QED) is 0.199. The Morgan fingerprint density at radius 2 is 1.77 bits per heavy atom. The Balaban J connectivity index is 1.34. The van der Waals surface area contributed by atoms with Crippen molar-refractivity contribution in [3.05, 3.63) is 70.9 Å². The highest BCUT2D eigenvalue weighted by Gasteiger charge is 2.33. The summed E-state index contributed by atoms with van der Waals surface area (Å²) in [5, 5.41) is 0.551. The van der Waals surface area contributed by atoms with E-state index >= 15 is 0 Å². The molecule has 1 fully saturated rings. The molecule has 2 aromatic heterocycles. The van der Waals surface area contributed by atoms with Gasteiger partial charge in [-0.2, -0.15) is 13.2 Å². The topological polar surface area (TPSA) is 92.1 Å². The Morgan fingerprint density at radius 3 is 2.45 bits per heavy atom. The van der Waals surface area contributed by atoms with Gasteiger partial charge in [-0.05, 0) is 39.0 Å². The predicted molar refractivity (Wildman–Crippen MR) is 158 cm³/mol. The van der Waals surface area contributed by atoms with Gasteiger partial charge < -0.3 is 23.8 Å². The van der Waals surface area contributed by atoms with Crippen molar-refractivity contribution >= 4 is 34.4 Å². The zero-order valence-electron chi connectivity index (χ0n) is 24.6. The monoisotopic (exact) mass is 631 g/mol. The van der Waals surface area contributed by atoms with Crippen LogP contribution in [0, 0.1) is 0 Å². The molecule has 3 heterocycles. The van der Waals surface area contributed by atoms with E-state index in [2.05, 4.69) is 4.98 Å². The number of esters is 1. The minimum absolute atomic E-state index is 0.0598. The summed E-state index contributed by atoms with van der Waals surface area (Å²) < 4.78 is 64.6. The molecule has 0 saturated carbocycles. The molecule has 0 aliphatic carbocycles. The largest absolute Gasteiger partial charge is 0.490 e. The number of rotatable bonds is 7. The van der Waals surface area contributed by atoms with Crippen molar-refractivity contribution in [3.8, 4) is 16.5 Å². The molecular formula is C31H32F3N3O6S. The first kappa shape index (κ1) is 31.2. The maximum atomic E-state index is 13.5. The number of aromatic nitrogens is 2. The summed E-state index contributed by atoms with van der Waals surface area (Å²) >= 11 is 1.07. The van der Waals surface area contributed by atoms with Gasteiger partial charge in [0, 0.05) is 43.6 Å². The number of benzene rings is 2. The Bertz CT molecular complexity index is 1650. The zero-order chi connectivity index (χ0) is 31.6. The van der Waals surface area contributed by atoms with Gasteiger partial charge in [0.05, 0.1) is 23.7 Å². The summed E-state index contributed by atoms with van der Waals surface area (Å²) in [6.07, 6.45) is -2.12. The second kappa shape index (κ2) is 12.4. The second-order valence-corrected chi connectivity index (χ2v) is 12.3. The summed E-state index contributed by atoms with van der Waals surface area (Å²) in [5.74, 6) is 0.0336. The number of thiophene rings is 1. The molecule has 0 atom stereocenters. The minimum Gasteiger partial charge on any atom is -0.490 e. The number of carbonyl (C=O) groups is 2. The van der Waals surface area contributed by atoms with Gasteiger partial charge in [-0.1, -0.05) is 18.2 Å². The number of hydrogen-bond donors (Lipinski definition) is 0. The Hall–Kier alpha value is -4.26. The van der Waals surface area contributed by atoms with Crippen LogP contribution >= 0.6 is 11.3 Å². The van der Waals surface area contributed by atoms with E-state index in [1.165, 1.54) is 25.3 Å². The van der Waals surface area contributed by atoms with E-state index < -0.39 is 29.9 Å². The molecule has 0 unspecified atom stereocenters. The Kier molecular flexibility index (Phi) is 8.78. The van der Waals surface area contributed by atoms with Crippen LogP contribution in [0.25, 0.3) is 16.0 Å². The van der Waals surface area contributed by atoms with Crippen molar-refractivity contribution in [3.63, 3.8) is 0 Å². The Labute approximate surface area is 256 Å². The van der Waals surface area contributed by atoms with E-state index in [1.807, 2.05) is 39.0 Å². The van der Waals surface area contributed by atoms with Gasteiger partial charge in [-0.3, -0.25) is 4.57 Å². The molecule has 2 aromatic carbocycles. The third-order valence-corrected chi connectivity index (χ3v) is 8.01. The van der Waals surface area contributed by atoms with Crippen molar-refractivity contribution < 1.29 is 41.7 Å². The number of piperidine rings is 1. The van der Waals surface area contributed by atoms with E-state index in [1.54, 1.807) is 21.9 Å². The molecule has 13 heteroatoms. The molecule has 0 spiro atoms. The smallest absolute Gasteiger partial charge is 0.416 e. The zero-order valence-corrected chi connectivity index (χ0v) is 25.5. The molecule has 234 valence electrons. The van der Waals surface area contributed by atoms with Gasteiger partial charge >= 0.3 is 18.2 Å². The molecular weight excluding hydrogens is 599 g/mol. The van der Waals surface area contributed by atoms with E-state index in [0.29, 0.717) is 47.7 Å². The fraction of sp³-hybridized carbons (Fsp3) is 0.387. The summed E-state index contributed by atoms with van der Waals surface area (Å²) in [4.78, 5) is 31.2. The molecule has 1 aliphatic rings. The number of fused-ring (bicyclic) bond motifs is 1. The van der Waals surface area contributed by atoms with Gasteiger partial charge in [0.25, 0.3) is 0 Å². The molecule has 0 bridgehead atoms. The third kappa shape index (κ3) is 7.09. The van der Waals surface area contributed by atoms with Crippen LogP contribution in [-0.2, 0) is 22.3 Å². The van der Waals surface area contributed by atoms with Crippen molar-refractivity contribution in [1.82, 2.24) is 14.5 Å². The van der Waals surface area contributed by atoms with Crippen LogP contribution in [0.5, 0.6) is 11.5 Å². The van der Waals surface area contributed by atoms with Crippen LogP contribution in [0.15, 0.2) is 54.9 Å². The fourth-order valence-corrected chi connectivity index (χ4v) is 5.82. The number of imidazole rings is 1. The highest BCUT2D eigenvalue weighted by Crippen LogP contribution is 2.37. The SMILES string of the molecule is COC(=O)c1sc(-n2cnc3ccc(OC4CCN(C(=O)OC(C)(C)C)CC4)cc32)cc1OCc1ccccc1C(F)(F)F. The van der Waals surface area contributed by atoms with E-state index in [0.717, 1.165) is 17.4 Å². The molecule has 44 heavy (non-hydrogen) atoms. The summed E-state index contributed by atoms with van der Waals surface area (Å²) in [5.41, 5.74) is -0.0601. The molecule has 0 radical (unpaired) electrons. The lowest BCUT2D eigenvalue weighted by molar-refractivity contribution is -0.138. The van der Waals surface area contributed by atoms with Crippen LogP contribution in [0.1, 0.15) is 54.4 Å². The lowest BCUT2D eigenvalue weighted by atomic mass is 10.1. The predicted octanol–water partition coefficient (Wildman–Crippen LogP) is 7.25. The van der Waals surface area contributed by atoms with Gasteiger partial charge in [-0.25, -0.2) is 14.6 Å². The Morgan fingerprint density at radius 1 is 1.05 bits per heavy atom. The van der Waals surface area contributed by atoms with Crippen LogP contribution in [-0.4, -0.2) is 58.4 Å². The standard InChI is InChI=1S/C31H32F3N3O6S/c1-30(2,3)43-29(39)36-13-11-20(12-14-36)42-21-9-10-23-24(15-21)37(18-35-23)26-16-25(27(44-26)28(38)40-4)41-17-19-7-5-6-8-22(19)31(32,33)34/h5-10,15-16,18,20H,11-14,17H2,1-4H3. The van der Waals surface area contributed by atoms with E-state index in [4.69, 9.17) is 18.9 Å². The van der Waals surface area contributed by atoms with Crippen LogP contribution in [0.2, 0.25) is 0 Å². The highest BCUT2D eigenvalue weighted by atomic mass is 32.1. The summed E-state index contributed by atoms with van der Waals surface area (Å²) in [6.45, 7) is 6.13. The minimum atomic E-state index is -4.55. The number of likely N-dealkylation sites (tertiary alicyclic amines) is 1. The first-order valence-corrected chi connectivity index (χ1v) is 14.8. The van der Waals surface area contributed by atoms with Gasteiger partial charge in [-0.15, -0.1) is 11.3 Å². The molecule has 1 amide bonds. The normalized spacial score (nSPS) is 14.5.